The van der Waals surface area contributed by atoms with Crippen LogP contribution in [0.4, 0.5) is 0 Å². The first-order valence-corrected chi connectivity index (χ1v) is 10.6. The van der Waals surface area contributed by atoms with Gasteiger partial charge in [0, 0.05) is 11.7 Å². The highest BCUT2D eigenvalue weighted by atomic mass is 32.2. The van der Waals surface area contributed by atoms with Gasteiger partial charge in [-0.05, 0) is 30.2 Å². The van der Waals surface area contributed by atoms with Gasteiger partial charge < -0.3 is 4.55 Å². The predicted octanol–water partition coefficient (Wildman–Crippen LogP) is 1.96. The highest BCUT2D eigenvalue weighted by molar-refractivity contribution is 7.96. The van der Waals surface area contributed by atoms with Crippen molar-refractivity contribution < 1.29 is 17.8 Å². The lowest BCUT2D eigenvalue weighted by Crippen LogP contribution is -2.20. The molecule has 1 rings (SSSR count). The minimum Gasteiger partial charge on any atom is -0.748 e. The number of carbonyl (C=O) groups excluding carboxylic acids is 1. The fourth-order valence-electron chi connectivity index (χ4n) is 1.97. The van der Waals surface area contributed by atoms with E-state index in [-0.39, 0.29) is 5.75 Å². The first-order valence-electron chi connectivity index (χ1n) is 6.76. The summed E-state index contributed by atoms with van der Waals surface area (Å²) in [6.07, 6.45) is 10.4. The largest absolute Gasteiger partial charge is 0.748 e. The summed E-state index contributed by atoms with van der Waals surface area (Å²) < 4.78 is 29.5. The van der Waals surface area contributed by atoms with Gasteiger partial charge >= 0.3 is 0 Å². The SMILES string of the molecule is CCCCS(=O)(=O)[O-].C[S+](C)CC(=O)C1CCCC1. The monoisotopic (exact) mass is 310 g/mol. The maximum absolute atomic E-state index is 11.5. The van der Waals surface area contributed by atoms with Gasteiger partial charge in [-0.25, -0.2) is 8.42 Å². The van der Waals surface area contributed by atoms with Crippen LogP contribution in [-0.2, 0) is 25.8 Å². The van der Waals surface area contributed by atoms with E-state index in [0.29, 0.717) is 29.0 Å². The Morgan fingerprint density at radius 2 is 1.79 bits per heavy atom. The first kappa shape index (κ1) is 18.9. The van der Waals surface area contributed by atoms with Crippen molar-refractivity contribution in [3.8, 4) is 0 Å². The molecule has 1 aliphatic rings. The molecule has 0 aromatic rings. The Morgan fingerprint density at radius 1 is 1.26 bits per heavy atom. The maximum Gasteiger partial charge on any atom is 0.184 e. The van der Waals surface area contributed by atoms with E-state index < -0.39 is 10.1 Å². The maximum atomic E-state index is 11.5. The molecule has 0 N–H and O–H groups in total. The van der Waals surface area contributed by atoms with Crippen molar-refractivity contribution in [2.45, 2.75) is 45.4 Å². The van der Waals surface area contributed by atoms with E-state index in [1.54, 1.807) is 0 Å². The Labute approximate surface area is 120 Å². The third-order valence-electron chi connectivity index (χ3n) is 2.99. The highest BCUT2D eigenvalue weighted by Crippen LogP contribution is 2.25. The van der Waals surface area contributed by atoms with Gasteiger partial charge in [0.25, 0.3) is 0 Å². The number of carbonyl (C=O) groups is 1. The number of ketones is 1. The van der Waals surface area contributed by atoms with Crippen LogP contribution in [0.3, 0.4) is 0 Å². The molecule has 0 spiro atoms. The second-order valence-corrected chi connectivity index (χ2v) is 8.98. The topological polar surface area (TPSA) is 74.3 Å². The van der Waals surface area contributed by atoms with Crippen molar-refractivity contribution in [1.82, 2.24) is 0 Å². The lowest BCUT2D eigenvalue weighted by Gasteiger charge is -2.04. The predicted molar refractivity (Wildman–Crippen MR) is 80.5 cm³/mol. The van der Waals surface area contributed by atoms with E-state index in [1.807, 2.05) is 6.92 Å². The van der Waals surface area contributed by atoms with Crippen LogP contribution in [0, 0.1) is 5.92 Å². The van der Waals surface area contributed by atoms with Gasteiger partial charge in [0.1, 0.15) is 0 Å². The molecule has 1 fully saturated rings. The summed E-state index contributed by atoms with van der Waals surface area (Å²) in [4.78, 5) is 11.5. The van der Waals surface area contributed by atoms with Crippen LogP contribution in [0.5, 0.6) is 0 Å². The normalized spacial score (nSPS) is 16.3. The molecule has 0 aromatic carbocycles. The number of hydrogen-bond donors (Lipinski definition) is 0. The van der Waals surface area contributed by atoms with E-state index >= 15 is 0 Å². The van der Waals surface area contributed by atoms with Gasteiger partial charge in [-0.15, -0.1) is 0 Å². The lowest BCUT2D eigenvalue weighted by molar-refractivity contribution is -0.120. The van der Waals surface area contributed by atoms with Gasteiger partial charge in [-0.1, -0.05) is 26.2 Å². The molecule has 0 bridgehead atoms. The van der Waals surface area contributed by atoms with Crippen molar-refractivity contribution in [2.75, 3.05) is 24.0 Å². The Kier molecular flexibility index (Phi) is 9.74. The smallest absolute Gasteiger partial charge is 0.184 e. The zero-order valence-electron chi connectivity index (χ0n) is 12.2. The van der Waals surface area contributed by atoms with E-state index in [0.717, 1.165) is 25.0 Å². The summed E-state index contributed by atoms with van der Waals surface area (Å²) in [6, 6.07) is 0. The number of Topliss-reactive ketones (excluding diaryl/α,β-unsaturated/α-hetero) is 1. The number of hydrogen-bond acceptors (Lipinski definition) is 4. The molecule has 0 atom stereocenters. The van der Waals surface area contributed by atoms with Crippen LogP contribution in [0.2, 0.25) is 0 Å². The number of unbranched alkanes of at least 4 members (excludes halogenated alkanes) is 1. The Hall–Kier alpha value is -0.0700. The van der Waals surface area contributed by atoms with E-state index in [1.165, 1.54) is 12.8 Å². The molecular weight excluding hydrogens is 284 g/mol. The molecular formula is C13H26O4S2. The summed E-state index contributed by atoms with van der Waals surface area (Å²) >= 11 is 0. The molecule has 0 heterocycles. The van der Waals surface area contributed by atoms with E-state index in [2.05, 4.69) is 12.5 Å². The van der Waals surface area contributed by atoms with Gasteiger partial charge in [0.05, 0.1) is 22.6 Å². The standard InChI is InChI=1S/C9H17OS.C4H10O3S/c1-11(2)7-9(10)8-5-3-4-6-8;1-2-3-4-8(5,6)7/h8H,3-7H2,1-2H3;2-4H2,1H3,(H,5,6,7)/q+1;/p-1. The summed E-state index contributed by atoms with van der Waals surface area (Å²) in [5.74, 6) is 1.56. The van der Waals surface area contributed by atoms with Crippen LogP contribution in [-0.4, -0.2) is 42.8 Å². The van der Waals surface area contributed by atoms with Crippen molar-refractivity contribution in [3.05, 3.63) is 0 Å². The zero-order valence-corrected chi connectivity index (χ0v) is 13.8. The Bertz CT molecular complexity index is 344. The van der Waals surface area contributed by atoms with Gasteiger partial charge in [0.2, 0.25) is 0 Å². The fourth-order valence-corrected chi connectivity index (χ4v) is 3.42. The van der Waals surface area contributed by atoms with Crippen molar-refractivity contribution in [1.29, 1.82) is 0 Å². The zero-order chi connectivity index (χ0) is 14.9. The molecule has 114 valence electrons. The second kappa shape index (κ2) is 9.77. The summed E-state index contributed by atoms with van der Waals surface area (Å²) in [7, 11) is -3.63. The van der Waals surface area contributed by atoms with Gasteiger partial charge in [-0.3, -0.25) is 4.79 Å². The molecule has 0 amide bonds. The molecule has 0 aliphatic heterocycles. The van der Waals surface area contributed by atoms with E-state index in [9.17, 15) is 17.8 Å². The highest BCUT2D eigenvalue weighted by Gasteiger charge is 2.25. The first-order chi connectivity index (χ1) is 8.76. The van der Waals surface area contributed by atoms with Crippen molar-refractivity contribution in [2.24, 2.45) is 5.92 Å². The average molecular weight is 310 g/mol. The lowest BCUT2D eigenvalue weighted by atomic mass is 10.0. The summed E-state index contributed by atoms with van der Waals surface area (Å²) in [6.45, 7) is 1.84. The van der Waals surface area contributed by atoms with Crippen LogP contribution in [0.1, 0.15) is 45.4 Å². The molecule has 0 saturated heterocycles. The van der Waals surface area contributed by atoms with Crippen LogP contribution in [0.15, 0.2) is 0 Å². The summed E-state index contributed by atoms with van der Waals surface area (Å²) in [5.41, 5.74) is 0. The van der Waals surface area contributed by atoms with Crippen molar-refractivity contribution in [3.63, 3.8) is 0 Å². The Morgan fingerprint density at radius 3 is 2.11 bits per heavy atom. The molecule has 4 nitrogen and oxygen atoms in total. The molecule has 0 aromatic heterocycles. The van der Waals surface area contributed by atoms with E-state index in [4.69, 9.17) is 0 Å². The molecule has 6 heteroatoms. The molecule has 0 radical (unpaired) electrons. The molecule has 0 unspecified atom stereocenters. The summed E-state index contributed by atoms with van der Waals surface area (Å²) in [5, 5.41) is 0. The molecule has 1 saturated carbocycles. The molecule has 1 aliphatic carbocycles. The quantitative estimate of drug-likeness (QED) is 0.555. The molecule has 19 heavy (non-hydrogen) atoms. The van der Waals surface area contributed by atoms with Gasteiger partial charge in [0.15, 0.2) is 11.5 Å². The third kappa shape index (κ3) is 11.5. The fraction of sp³-hybridized carbons (Fsp3) is 0.923. The van der Waals surface area contributed by atoms with Crippen LogP contribution in [0.25, 0.3) is 0 Å². The van der Waals surface area contributed by atoms with Gasteiger partial charge in [-0.2, -0.15) is 0 Å². The second-order valence-electron chi connectivity index (χ2n) is 5.19. The van der Waals surface area contributed by atoms with Crippen molar-refractivity contribution >= 4 is 26.8 Å². The van der Waals surface area contributed by atoms with Crippen LogP contribution >= 0.6 is 0 Å². The Balaban J connectivity index is 0.000000362. The minimum absolute atomic E-state index is 0.219. The average Bonchev–Trinajstić information content (AvgIpc) is 2.78. The minimum atomic E-state index is -3.94. The third-order valence-corrected chi connectivity index (χ3v) is 4.64. The van der Waals surface area contributed by atoms with Crippen LogP contribution < -0.4 is 0 Å². The number of rotatable bonds is 6.